The van der Waals surface area contributed by atoms with Crippen LogP contribution < -0.4 is 9.47 Å². The average molecular weight is 502 g/mol. The Bertz CT molecular complexity index is 1350. The van der Waals surface area contributed by atoms with Crippen molar-refractivity contribution in [1.29, 1.82) is 0 Å². The highest BCUT2D eigenvalue weighted by Crippen LogP contribution is 2.37. The fourth-order valence-corrected chi connectivity index (χ4v) is 3.53. The molecule has 12 heteroatoms. The fraction of sp³-hybridized carbons (Fsp3) is 0.0833. The molecule has 3 aromatic carbocycles. The van der Waals surface area contributed by atoms with Crippen LogP contribution in [0.15, 0.2) is 60.7 Å². The highest BCUT2D eigenvalue weighted by atomic mass is 19.3. The van der Waals surface area contributed by atoms with E-state index < -0.39 is 58.7 Å². The van der Waals surface area contributed by atoms with Crippen LogP contribution in [0.2, 0.25) is 0 Å². The largest absolute Gasteiger partial charge is 0.429 e. The van der Waals surface area contributed by atoms with E-state index in [0.717, 1.165) is 36.4 Å². The summed E-state index contributed by atoms with van der Waals surface area (Å²) in [4.78, 5) is 46.1. The summed E-state index contributed by atoms with van der Waals surface area (Å²) >= 11 is 0. The highest BCUT2D eigenvalue weighted by molar-refractivity contribution is 6.15. The van der Waals surface area contributed by atoms with Crippen molar-refractivity contribution in [2.45, 2.75) is 12.2 Å². The number of halogens is 4. The van der Waals surface area contributed by atoms with Gasteiger partial charge < -0.3 is 18.9 Å². The number of ether oxygens (including phenoxy) is 4. The molecule has 0 saturated heterocycles. The summed E-state index contributed by atoms with van der Waals surface area (Å²) < 4.78 is 76.6. The number of fused-ring (bicyclic) bond motifs is 2. The molecule has 0 aromatic heterocycles. The summed E-state index contributed by atoms with van der Waals surface area (Å²) in [6.45, 7) is 0. The summed E-state index contributed by atoms with van der Waals surface area (Å²) in [6, 6.07) is 8.82. The van der Waals surface area contributed by atoms with Gasteiger partial charge in [0.05, 0.1) is 33.4 Å². The number of hydrogen-bond donors (Lipinski definition) is 0. The SMILES string of the molecule is O=C1OC(=O)c2cc(OC(F)(F)c3ccc(C(F)(F)Oc4ccc5c(c4)C(=O)OC5=O)cc3)ccc21. The summed E-state index contributed by atoms with van der Waals surface area (Å²) in [5, 5.41) is 0. The van der Waals surface area contributed by atoms with Crippen LogP contribution in [0.3, 0.4) is 0 Å². The minimum atomic E-state index is -4.00. The molecule has 36 heavy (non-hydrogen) atoms. The summed E-state index contributed by atoms with van der Waals surface area (Å²) in [5.41, 5.74) is -2.28. The first-order valence-electron chi connectivity index (χ1n) is 10.0. The van der Waals surface area contributed by atoms with Crippen molar-refractivity contribution in [3.05, 3.63) is 94.0 Å². The first kappa shape index (κ1) is 23.0. The summed E-state index contributed by atoms with van der Waals surface area (Å²) in [5.74, 6) is -4.78. The quantitative estimate of drug-likeness (QED) is 0.274. The van der Waals surface area contributed by atoms with Gasteiger partial charge in [-0.3, -0.25) is 0 Å². The molecule has 0 fully saturated rings. The van der Waals surface area contributed by atoms with Gasteiger partial charge in [-0.15, -0.1) is 0 Å². The maximum atomic E-state index is 14.6. The molecule has 0 N–H and O–H groups in total. The third kappa shape index (κ3) is 3.91. The van der Waals surface area contributed by atoms with Crippen molar-refractivity contribution < 1.29 is 55.7 Å². The standard InChI is InChI=1S/C24H10F4O8/c25-23(26,35-13-5-7-15-17(9-13)21(31)33-19(15)29)11-1-2-12(4-3-11)24(27,28)36-14-6-8-16-18(10-14)22(32)34-20(16)30/h1-10H. The van der Waals surface area contributed by atoms with E-state index in [1.165, 1.54) is 0 Å². The zero-order valence-electron chi connectivity index (χ0n) is 17.6. The number of carbonyl (C=O) groups is 4. The molecule has 0 amide bonds. The summed E-state index contributed by atoms with van der Waals surface area (Å²) in [7, 11) is 0. The number of cyclic esters (lactones) is 4. The molecule has 2 aliphatic heterocycles. The van der Waals surface area contributed by atoms with Gasteiger partial charge >= 0.3 is 36.1 Å². The van der Waals surface area contributed by atoms with E-state index >= 15 is 0 Å². The van der Waals surface area contributed by atoms with E-state index in [9.17, 15) is 36.7 Å². The first-order valence-corrected chi connectivity index (χ1v) is 10.0. The van der Waals surface area contributed by atoms with Crippen LogP contribution >= 0.6 is 0 Å². The molecule has 182 valence electrons. The maximum absolute atomic E-state index is 14.6. The third-order valence-electron chi connectivity index (χ3n) is 5.28. The third-order valence-corrected chi connectivity index (χ3v) is 5.28. The van der Waals surface area contributed by atoms with E-state index in [1.54, 1.807) is 0 Å². The smallest absolute Gasteiger partial charge is 0.426 e. The number of rotatable bonds is 6. The highest BCUT2D eigenvalue weighted by Gasteiger charge is 2.40. The van der Waals surface area contributed by atoms with Gasteiger partial charge in [0, 0.05) is 0 Å². The van der Waals surface area contributed by atoms with Crippen LogP contribution in [0.25, 0.3) is 0 Å². The second-order valence-electron chi connectivity index (χ2n) is 7.58. The molecule has 8 nitrogen and oxygen atoms in total. The van der Waals surface area contributed by atoms with Gasteiger partial charge in [-0.25, -0.2) is 19.2 Å². The molecular formula is C24H10F4O8. The average Bonchev–Trinajstić information content (AvgIpc) is 3.27. The Morgan fingerprint density at radius 3 is 1.19 bits per heavy atom. The number of alkyl halides is 4. The molecule has 5 rings (SSSR count). The Balaban J connectivity index is 1.33. The van der Waals surface area contributed by atoms with Gasteiger partial charge in [0.15, 0.2) is 0 Å². The second-order valence-corrected chi connectivity index (χ2v) is 7.58. The van der Waals surface area contributed by atoms with Crippen molar-refractivity contribution in [2.24, 2.45) is 0 Å². The Morgan fingerprint density at radius 2 is 0.833 bits per heavy atom. The number of esters is 4. The summed E-state index contributed by atoms with van der Waals surface area (Å²) in [6.07, 6.45) is -8.00. The minimum Gasteiger partial charge on any atom is -0.429 e. The zero-order chi connectivity index (χ0) is 25.8. The molecule has 0 saturated carbocycles. The van der Waals surface area contributed by atoms with Gasteiger partial charge in [-0.1, -0.05) is 0 Å². The van der Waals surface area contributed by atoms with Crippen molar-refractivity contribution in [3.8, 4) is 11.5 Å². The van der Waals surface area contributed by atoms with Crippen LogP contribution in [0.1, 0.15) is 52.6 Å². The minimum absolute atomic E-state index is 0.103. The molecular weight excluding hydrogens is 492 g/mol. The Labute approximate surface area is 197 Å². The van der Waals surface area contributed by atoms with Gasteiger partial charge in [0.25, 0.3) is 0 Å². The van der Waals surface area contributed by atoms with Crippen LogP contribution in [-0.4, -0.2) is 23.9 Å². The van der Waals surface area contributed by atoms with Crippen molar-refractivity contribution in [1.82, 2.24) is 0 Å². The fourth-order valence-electron chi connectivity index (χ4n) is 3.53. The van der Waals surface area contributed by atoms with Gasteiger partial charge in [0.1, 0.15) is 11.5 Å². The van der Waals surface area contributed by atoms with E-state index in [0.29, 0.717) is 24.3 Å². The van der Waals surface area contributed by atoms with E-state index in [2.05, 4.69) is 18.9 Å². The second kappa shape index (κ2) is 7.90. The number of carbonyl (C=O) groups excluding carboxylic acids is 4. The monoisotopic (exact) mass is 502 g/mol. The molecule has 0 aliphatic carbocycles. The van der Waals surface area contributed by atoms with E-state index in [1.807, 2.05) is 0 Å². The lowest BCUT2D eigenvalue weighted by molar-refractivity contribution is -0.188. The van der Waals surface area contributed by atoms with Crippen LogP contribution in [0.5, 0.6) is 11.5 Å². The molecule has 0 bridgehead atoms. The molecule has 0 radical (unpaired) electrons. The van der Waals surface area contributed by atoms with E-state index in [-0.39, 0.29) is 22.3 Å². The van der Waals surface area contributed by atoms with Crippen LogP contribution in [-0.2, 0) is 21.7 Å². The molecule has 0 atom stereocenters. The van der Waals surface area contributed by atoms with Gasteiger partial charge in [-0.2, -0.15) is 17.6 Å². The Kier molecular flexibility index (Phi) is 5.05. The lowest BCUT2D eigenvalue weighted by Crippen LogP contribution is -2.24. The predicted octanol–water partition coefficient (Wildman–Crippen LogP) is 4.56. The Hall–Kier alpha value is -4.74. The normalized spacial score (nSPS) is 14.8. The Morgan fingerprint density at radius 1 is 0.500 bits per heavy atom. The molecule has 2 aliphatic rings. The van der Waals surface area contributed by atoms with Gasteiger partial charge in [-0.05, 0) is 60.7 Å². The first-order chi connectivity index (χ1) is 16.9. The number of hydrogen-bond acceptors (Lipinski definition) is 8. The van der Waals surface area contributed by atoms with Crippen molar-refractivity contribution >= 4 is 23.9 Å². The molecule has 0 spiro atoms. The zero-order valence-corrected chi connectivity index (χ0v) is 17.6. The maximum Gasteiger partial charge on any atom is 0.426 e. The van der Waals surface area contributed by atoms with Crippen molar-refractivity contribution in [2.75, 3.05) is 0 Å². The van der Waals surface area contributed by atoms with Gasteiger partial charge in [0.2, 0.25) is 0 Å². The lowest BCUT2D eigenvalue weighted by Gasteiger charge is -2.21. The van der Waals surface area contributed by atoms with Crippen LogP contribution in [0, 0.1) is 0 Å². The molecule has 2 heterocycles. The molecule has 0 unspecified atom stereocenters. The predicted molar refractivity (Wildman–Crippen MR) is 108 cm³/mol. The molecule has 3 aromatic rings. The lowest BCUT2D eigenvalue weighted by atomic mass is 10.1. The van der Waals surface area contributed by atoms with E-state index in [4.69, 9.17) is 0 Å². The van der Waals surface area contributed by atoms with Crippen LogP contribution in [0.4, 0.5) is 17.6 Å². The topological polar surface area (TPSA) is 105 Å². The van der Waals surface area contributed by atoms with Crippen molar-refractivity contribution in [3.63, 3.8) is 0 Å². The number of benzene rings is 3.